The second-order valence-electron chi connectivity index (χ2n) is 5.45. The minimum atomic E-state index is -4.11. The van der Waals surface area contributed by atoms with Crippen LogP contribution in [0.5, 0.6) is 5.75 Å². The molecule has 6 nitrogen and oxygen atoms in total. The first-order chi connectivity index (χ1) is 12.7. The Morgan fingerprint density at radius 2 is 1.85 bits per heavy atom. The van der Waals surface area contributed by atoms with E-state index in [4.69, 9.17) is 16.3 Å². The van der Waals surface area contributed by atoms with Crippen molar-refractivity contribution in [3.05, 3.63) is 53.1 Å². The van der Waals surface area contributed by atoms with Gasteiger partial charge in [-0.15, -0.1) is 0 Å². The molecule has 0 unspecified atom stereocenters. The number of benzene rings is 2. The van der Waals surface area contributed by atoms with E-state index in [1.807, 2.05) is 5.32 Å². The molecule has 27 heavy (non-hydrogen) atoms. The van der Waals surface area contributed by atoms with Gasteiger partial charge in [-0.3, -0.25) is 4.79 Å². The molecule has 1 amide bonds. The maximum atomic E-state index is 13.6. The molecule has 0 saturated heterocycles. The molecule has 146 valence electrons. The van der Waals surface area contributed by atoms with Crippen LogP contribution in [-0.4, -0.2) is 27.0 Å². The van der Waals surface area contributed by atoms with Gasteiger partial charge in [0.2, 0.25) is 15.9 Å². The van der Waals surface area contributed by atoms with Gasteiger partial charge in [0.1, 0.15) is 23.1 Å². The molecule has 0 fully saturated rings. The Kier molecular flexibility index (Phi) is 6.74. The van der Waals surface area contributed by atoms with Crippen molar-refractivity contribution in [2.45, 2.75) is 24.8 Å². The van der Waals surface area contributed by atoms with Crippen LogP contribution >= 0.6 is 11.6 Å². The summed E-state index contributed by atoms with van der Waals surface area (Å²) in [6.45, 7) is 3.34. The summed E-state index contributed by atoms with van der Waals surface area (Å²) in [5.41, 5.74) is -0.655. The van der Waals surface area contributed by atoms with Gasteiger partial charge in [0.15, 0.2) is 0 Å². The molecule has 0 aliphatic heterocycles. The zero-order chi connectivity index (χ0) is 20.2. The Balaban J connectivity index is 2.14. The van der Waals surface area contributed by atoms with Crippen LogP contribution in [0.4, 0.5) is 14.5 Å². The van der Waals surface area contributed by atoms with E-state index in [2.05, 4.69) is 4.72 Å². The lowest BCUT2D eigenvalue weighted by Crippen LogP contribution is -2.41. The number of nitrogens with one attached hydrogen (secondary N) is 2. The van der Waals surface area contributed by atoms with E-state index in [-0.39, 0.29) is 9.92 Å². The predicted molar refractivity (Wildman–Crippen MR) is 97.4 cm³/mol. The Morgan fingerprint density at radius 3 is 2.41 bits per heavy atom. The maximum Gasteiger partial charge on any atom is 0.242 e. The summed E-state index contributed by atoms with van der Waals surface area (Å²) in [7, 11) is -4.11. The molecule has 2 N–H and O–H groups in total. The third-order valence-corrected chi connectivity index (χ3v) is 5.28. The topological polar surface area (TPSA) is 84.5 Å². The monoisotopic (exact) mass is 418 g/mol. The number of hydrogen-bond acceptors (Lipinski definition) is 4. The summed E-state index contributed by atoms with van der Waals surface area (Å²) in [5, 5.41) is 2.12. The summed E-state index contributed by atoms with van der Waals surface area (Å²) in [6, 6.07) is 5.60. The van der Waals surface area contributed by atoms with E-state index in [0.717, 1.165) is 18.2 Å². The molecule has 2 aromatic rings. The largest absolute Gasteiger partial charge is 0.492 e. The highest BCUT2D eigenvalue weighted by Crippen LogP contribution is 2.27. The highest BCUT2D eigenvalue weighted by molar-refractivity contribution is 7.89. The standard InChI is InChI=1S/C17H17ClF2N2O4S/c1-3-26-15-8-7-11(9-12(15)18)27(24,25)22-10(2)17(23)21-16-13(19)5-4-6-14(16)20/h4-10,22H,3H2,1-2H3,(H,21,23)/t10-/m1/s1. The number of rotatable bonds is 7. The number of para-hydroxylation sites is 1. The number of hydrogen-bond donors (Lipinski definition) is 2. The molecule has 0 saturated carbocycles. The van der Waals surface area contributed by atoms with E-state index in [1.54, 1.807) is 6.92 Å². The van der Waals surface area contributed by atoms with Crippen molar-refractivity contribution in [2.75, 3.05) is 11.9 Å². The fraction of sp³-hybridized carbons (Fsp3) is 0.235. The van der Waals surface area contributed by atoms with Gasteiger partial charge in [0.25, 0.3) is 0 Å². The molecular weight excluding hydrogens is 402 g/mol. The van der Waals surface area contributed by atoms with Gasteiger partial charge in [-0.05, 0) is 44.2 Å². The maximum absolute atomic E-state index is 13.6. The van der Waals surface area contributed by atoms with Crippen LogP contribution in [-0.2, 0) is 14.8 Å². The lowest BCUT2D eigenvalue weighted by Gasteiger charge is -2.15. The van der Waals surface area contributed by atoms with Gasteiger partial charge in [-0.1, -0.05) is 17.7 Å². The number of halogens is 3. The lowest BCUT2D eigenvalue weighted by atomic mass is 10.2. The first-order valence-corrected chi connectivity index (χ1v) is 9.71. The molecule has 1 atom stereocenters. The normalized spacial score (nSPS) is 12.5. The van der Waals surface area contributed by atoms with Crippen molar-refractivity contribution in [3.8, 4) is 5.75 Å². The zero-order valence-corrected chi connectivity index (χ0v) is 16.0. The third-order valence-electron chi connectivity index (χ3n) is 3.45. The Morgan fingerprint density at radius 1 is 1.22 bits per heavy atom. The summed E-state index contributed by atoms with van der Waals surface area (Å²) in [4.78, 5) is 11.9. The second-order valence-corrected chi connectivity index (χ2v) is 7.58. The van der Waals surface area contributed by atoms with Crippen LogP contribution in [0, 0.1) is 11.6 Å². The van der Waals surface area contributed by atoms with Gasteiger partial charge in [-0.2, -0.15) is 4.72 Å². The van der Waals surface area contributed by atoms with Crippen LogP contribution in [0.1, 0.15) is 13.8 Å². The molecule has 10 heteroatoms. The molecule has 0 bridgehead atoms. The van der Waals surface area contributed by atoms with Crippen LogP contribution in [0.25, 0.3) is 0 Å². The van der Waals surface area contributed by atoms with E-state index in [0.29, 0.717) is 12.4 Å². The minimum absolute atomic E-state index is 0.0882. The van der Waals surface area contributed by atoms with E-state index in [9.17, 15) is 22.0 Å². The SMILES string of the molecule is CCOc1ccc(S(=O)(=O)N[C@H](C)C(=O)Nc2c(F)cccc2F)cc1Cl. The highest BCUT2D eigenvalue weighted by Gasteiger charge is 2.24. The predicted octanol–water partition coefficient (Wildman–Crippen LogP) is 3.32. The lowest BCUT2D eigenvalue weighted by molar-refractivity contribution is -0.117. The summed E-state index contributed by atoms with van der Waals surface area (Å²) < 4.78 is 59.4. The minimum Gasteiger partial charge on any atom is -0.492 e. The third kappa shape index (κ3) is 5.15. The number of carbonyl (C=O) groups excluding carboxylic acids is 1. The first-order valence-electron chi connectivity index (χ1n) is 7.85. The van der Waals surface area contributed by atoms with E-state index in [1.165, 1.54) is 25.1 Å². The molecular formula is C17H17ClF2N2O4S. The summed E-state index contributed by atoms with van der Waals surface area (Å²) >= 11 is 5.98. The molecule has 2 rings (SSSR count). The molecule has 0 heterocycles. The smallest absolute Gasteiger partial charge is 0.242 e. The van der Waals surface area contributed by atoms with Gasteiger partial charge in [0.05, 0.1) is 22.6 Å². The quantitative estimate of drug-likeness (QED) is 0.722. The van der Waals surface area contributed by atoms with Crippen molar-refractivity contribution >= 4 is 33.2 Å². The molecule has 0 aliphatic rings. The number of sulfonamides is 1. The number of carbonyl (C=O) groups is 1. The van der Waals surface area contributed by atoms with Crippen LogP contribution in [0.3, 0.4) is 0 Å². The van der Waals surface area contributed by atoms with Crippen molar-refractivity contribution in [3.63, 3.8) is 0 Å². The van der Waals surface area contributed by atoms with Gasteiger partial charge in [-0.25, -0.2) is 17.2 Å². The second kappa shape index (κ2) is 8.64. The van der Waals surface area contributed by atoms with Crippen molar-refractivity contribution < 1.29 is 26.7 Å². The van der Waals surface area contributed by atoms with Crippen molar-refractivity contribution in [1.82, 2.24) is 4.72 Å². The molecule has 0 radical (unpaired) electrons. The Labute approximate surface area is 160 Å². The number of ether oxygens (including phenoxy) is 1. The fourth-order valence-corrected chi connectivity index (χ4v) is 3.65. The molecule has 0 aliphatic carbocycles. The first kappa shape index (κ1) is 21.1. The van der Waals surface area contributed by atoms with E-state index < -0.39 is 39.3 Å². The van der Waals surface area contributed by atoms with Gasteiger partial charge < -0.3 is 10.1 Å². The van der Waals surface area contributed by atoms with Crippen LogP contribution in [0.15, 0.2) is 41.3 Å². The zero-order valence-electron chi connectivity index (χ0n) is 14.4. The average molecular weight is 419 g/mol. The summed E-state index contributed by atoms with van der Waals surface area (Å²) in [6.07, 6.45) is 0. The highest BCUT2D eigenvalue weighted by atomic mass is 35.5. The number of amides is 1. The van der Waals surface area contributed by atoms with Gasteiger partial charge in [0, 0.05) is 0 Å². The molecule has 2 aromatic carbocycles. The van der Waals surface area contributed by atoms with E-state index >= 15 is 0 Å². The molecule has 0 spiro atoms. The Bertz CT molecular complexity index is 934. The Hall–Kier alpha value is -2.23. The van der Waals surface area contributed by atoms with Crippen LogP contribution in [0.2, 0.25) is 5.02 Å². The summed E-state index contributed by atoms with van der Waals surface area (Å²) in [5.74, 6) is -2.56. The number of anilines is 1. The average Bonchev–Trinajstić information content (AvgIpc) is 2.59. The fourth-order valence-electron chi connectivity index (χ4n) is 2.12. The van der Waals surface area contributed by atoms with Crippen LogP contribution < -0.4 is 14.8 Å². The van der Waals surface area contributed by atoms with Crippen molar-refractivity contribution in [2.24, 2.45) is 0 Å². The molecule has 0 aromatic heterocycles. The van der Waals surface area contributed by atoms with Gasteiger partial charge >= 0.3 is 0 Å². The van der Waals surface area contributed by atoms with Crippen molar-refractivity contribution in [1.29, 1.82) is 0 Å².